The standard InChI is InChI=1S/C10H14N2O/c11-5-6-12-9(13)10-3-1-8(7-10)2-4-10/h1-3H,4-7,11H2,(H,12,13). The highest BCUT2D eigenvalue weighted by Gasteiger charge is 2.41. The lowest BCUT2D eigenvalue weighted by Crippen LogP contribution is -2.39. The number of amides is 1. The molecule has 1 unspecified atom stereocenters. The van der Waals surface area contributed by atoms with Gasteiger partial charge in [-0.1, -0.05) is 23.8 Å². The van der Waals surface area contributed by atoms with Crippen molar-refractivity contribution in [3.8, 4) is 0 Å². The maximum absolute atomic E-state index is 11.7. The van der Waals surface area contributed by atoms with Crippen molar-refractivity contribution in [2.24, 2.45) is 11.1 Å². The van der Waals surface area contributed by atoms with Gasteiger partial charge in [-0.15, -0.1) is 0 Å². The van der Waals surface area contributed by atoms with Gasteiger partial charge in [-0.3, -0.25) is 4.79 Å². The maximum Gasteiger partial charge on any atom is 0.230 e. The van der Waals surface area contributed by atoms with E-state index in [1.54, 1.807) is 0 Å². The summed E-state index contributed by atoms with van der Waals surface area (Å²) in [6.07, 6.45) is 7.94. The van der Waals surface area contributed by atoms with Crippen molar-refractivity contribution >= 4 is 5.91 Å². The summed E-state index contributed by atoms with van der Waals surface area (Å²) in [7, 11) is 0. The van der Waals surface area contributed by atoms with E-state index in [0.717, 1.165) is 12.8 Å². The van der Waals surface area contributed by atoms with Gasteiger partial charge in [-0.2, -0.15) is 0 Å². The lowest BCUT2D eigenvalue weighted by Gasteiger charge is -2.21. The first-order valence-corrected chi connectivity index (χ1v) is 4.63. The van der Waals surface area contributed by atoms with E-state index in [4.69, 9.17) is 5.73 Å². The quantitative estimate of drug-likeness (QED) is 0.654. The van der Waals surface area contributed by atoms with Crippen LogP contribution in [0, 0.1) is 5.41 Å². The van der Waals surface area contributed by atoms with Crippen molar-refractivity contribution in [1.29, 1.82) is 0 Å². The Bertz CT molecular complexity index is 293. The molecule has 1 amide bonds. The molecular weight excluding hydrogens is 164 g/mol. The normalized spacial score (nSPS) is 29.2. The van der Waals surface area contributed by atoms with E-state index in [-0.39, 0.29) is 11.3 Å². The third-order valence-corrected chi connectivity index (χ3v) is 2.75. The minimum absolute atomic E-state index is 0.123. The van der Waals surface area contributed by atoms with Crippen LogP contribution in [0.25, 0.3) is 0 Å². The van der Waals surface area contributed by atoms with E-state index in [0.29, 0.717) is 13.1 Å². The third-order valence-electron chi connectivity index (χ3n) is 2.75. The molecule has 0 heterocycles. The molecule has 2 bridgehead atoms. The zero-order valence-electron chi connectivity index (χ0n) is 7.55. The first-order chi connectivity index (χ1) is 6.27. The predicted octanol–water partition coefficient (Wildman–Crippen LogP) is 0.338. The van der Waals surface area contributed by atoms with Gasteiger partial charge >= 0.3 is 0 Å². The largest absolute Gasteiger partial charge is 0.354 e. The molecule has 0 spiro atoms. The molecule has 2 aliphatic rings. The van der Waals surface area contributed by atoms with Crippen LogP contribution in [0.15, 0.2) is 23.8 Å². The van der Waals surface area contributed by atoms with Crippen LogP contribution < -0.4 is 11.1 Å². The van der Waals surface area contributed by atoms with Gasteiger partial charge in [-0.25, -0.2) is 0 Å². The topological polar surface area (TPSA) is 55.1 Å². The van der Waals surface area contributed by atoms with E-state index in [9.17, 15) is 4.79 Å². The molecule has 2 rings (SSSR count). The highest BCUT2D eigenvalue weighted by Crippen LogP contribution is 2.44. The number of allylic oxidation sites excluding steroid dienone is 3. The fourth-order valence-electron chi connectivity index (χ4n) is 1.95. The van der Waals surface area contributed by atoms with Crippen LogP contribution in [-0.4, -0.2) is 19.0 Å². The summed E-state index contributed by atoms with van der Waals surface area (Å²) in [4.78, 5) is 11.7. The van der Waals surface area contributed by atoms with Crippen LogP contribution in [0.2, 0.25) is 0 Å². The van der Waals surface area contributed by atoms with Crippen LogP contribution in [-0.2, 0) is 4.79 Å². The van der Waals surface area contributed by atoms with Gasteiger partial charge in [0.2, 0.25) is 5.91 Å². The van der Waals surface area contributed by atoms with E-state index < -0.39 is 0 Å². The number of carbonyl (C=O) groups is 1. The summed E-state index contributed by atoms with van der Waals surface area (Å²) < 4.78 is 0. The molecule has 0 aromatic heterocycles. The molecular formula is C10H14N2O. The summed E-state index contributed by atoms with van der Waals surface area (Å²) in [5.41, 5.74) is 6.36. The third kappa shape index (κ3) is 1.29. The van der Waals surface area contributed by atoms with E-state index in [1.165, 1.54) is 5.57 Å². The molecule has 3 nitrogen and oxygen atoms in total. The van der Waals surface area contributed by atoms with Gasteiger partial charge in [0, 0.05) is 13.1 Å². The smallest absolute Gasteiger partial charge is 0.230 e. The summed E-state index contributed by atoms with van der Waals surface area (Å²) in [6, 6.07) is 0. The molecule has 0 radical (unpaired) electrons. The van der Waals surface area contributed by atoms with Crippen LogP contribution in [0.4, 0.5) is 0 Å². The first kappa shape index (κ1) is 8.51. The Labute approximate surface area is 77.7 Å². The Morgan fingerprint density at radius 3 is 3.00 bits per heavy atom. The van der Waals surface area contributed by atoms with Gasteiger partial charge in [-0.05, 0) is 12.8 Å². The fourth-order valence-corrected chi connectivity index (χ4v) is 1.95. The molecule has 3 N–H and O–H groups in total. The lowest BCUT2D eigenvalue weighted by molar-refractivity contribution is -0.127. The van der Waals surface area contributed by atoms with Crippen molar-refractivity contribution in [2.45, 2.75) is 12.8 Å². The van der Waals surface area contributed by atoms with E-state index in [2.05, 4.69) is 11.4 Å². The number of hydrogen-bond donors (Lipinski definition) is 2. The van der Waals surface area contributed by atoms with Crippen LogP contribution >= 0.6 is 0 Å². The molecule has 0 aromatic carbocycles. The van der Waals surface area contributed by atoms with Crippen molar-refractivity contribution in [1.82, 2.24) is 5.32 Å². The lowest BCUT2D eigenvalue weighted by atomic mass is 9.86. The molecule has 2 aliphatic carbocycles. The zero-order valence-corrected chi connectivity index (χ0v) is 7.55. The Balaban J connectivity index is 2.02. The van der Waals surface area contributed by atoms with Gasteiger partial charge in [0.25, 0.3) is 0 Å². The number of nitrogens with one attached hydrogen (secondary N) is 1. The fraction of sp³-hybridized carbons (Fsp3) is 0.500. The molecule has 0 saturated heterocycles. The van der Waals surface area contributed by atoms with Crippen molar-refractivity contribution in [2.75, 3.05) is 13.1 Å². The first-order valence-electron chi connectivity index (χ1n) is 4.63. The van der Waals surface area contributed by atoms with Crippen LogP contribution in [0.1, 0.15) is 12.8 Å². The number of hydrogen-bond acceptors (Lipinski definition) is 2. The summed E-state index contributed by atoms with van der Waals surface area (Å²) >= 11 is 0. The predicted molar refractivity (Wildman–Crippen MR) is 51.0 cm³/mol. The summed E-state index contributed by atoms with van der Waals surface area (Å²) in [6.45, 7) is 1.08. The number of fused-ring (bicyclic) bond motifs is 2. The number of rotatable bonds is 3. The SMILES string of the molecule is NCCNC(=O)C12C=CC(=CC1)C2. The Morgan fingerprint density at radius 2 is 2.54 bits per heavy atom. The van der Waals surface area contributed by atoms with Gasteiger partial charge in [0.15, 0.2) is 0 Å². The monoisotopic (exact) mass is 178 g/mol. The second-order valence-corrected chi connectivity index (χ2v) is 3.69. The average Bonchev–Trinajstić information content (AvgIpc) is 2.74. The summed E-state index contributed by atoms with van der Waals surface area (Å²) in [5, 5.41) is 2.84. The Hall–Kier alpha value is -1.09. The minimum Gasteiger partial charge on any atom is -0.354 e. The van der Waals surface area contributed by atoms with E-state index >= 15 is 0 Å². The number of nitrogens with two attached hydrogens (primary N) is 1. The number of carbonyl (C=O) groups excluding carboxylic acids is 1. The van der Waals surface area contributed by atoms with E-state index in [1.807, 2.05) is 12.2 Å². The highest BCUT2D eigenvalue weighted by atomic mass is 16.2. The molecule has 0 fully saturated rings. The molecule has 70 valence electrons. The Kier molecular flexibility index (Phi) is 1.96. The minimum atomic E-state index is -0.259. The van der Waals surface area contributed by atoms with Crippen molar-refractivity contribution < 1.29 is 4.79 Å². The zero-order chi connectivity index (χ0) is 9.31. The van der Waals surface area contributed by atoms with Gasteiger partial charge in [0.1, 0.15) is 0 Å². The summed E-state index contributed by atoms with van der Waals surface area (Å²) in [5.74, 6) is 0.123. The van der Waals surface area contributed by atoms with Crippen LogP contribution in [0.3, 0.4) is 0 Å². The second kappa shape index (κ2) is 3.00. The van der Waals surface area contributed by atoms with Crippen LogP contribution in [0.5, 0.6) is 0 Å². The molecule has 1 atom stereocenters. The average molecular weight is 178 g/mol. The van der Waals surface area contributed by atoms with Gasteiger partial charge in [0.05, 0.1) is 5.41 Å². The molecule has 3 heteroatoms. The molecule has 13 heavy (non-hydrogen) atoms. The maximum atomic E-state index is 11.7. The highest BCUT2D eigenvalue weighted by molar-refractivity contribution is 5.87. The molecule has 0 aliphatic heterocycles. The molecule has 0 aromatic rings. The second-order valence-electron chi connectivity index (χ2n) is 3.69. The van der Waals surface area contributed by atoms with Gasteiger partial charge < -0.3 is 11.1 Å². The Morgan fingerprint density at radius 1 is 1.69 bits per heavy atom. The van der Waals surface area contributed by atoms with Crippen molar-refractivity contribution in [3.63, 3.8) is 0 Å². The molecule has 0 saturated carbocycles. The van der Waals surface area contributed by atoms with Crippen molar-refractivity contribution in [3.05, 3.63) is 23.8 Å².